The molecule has 0 aliphatic rings. The van der Waals surface area contributed by atoms with Crippen molar-refractivity contribution in [2.24, 2.45) is 4.99 Å². The number of pyridine rings is 1. The molecule has 0 spiro atoms. The summed E-state index contributed by atoms with van der Waals surface area (Å²) in [6.07, 6.45) is 2.02. The van der Waals surface area contributed by atoms with Gasteiger partial charge in [-0.25, -0.2) is 9.98 Å². The molecule has 0 saturated heterocycles. The van der Waals surface area contributed by atoms with E-state index in [0.29, 0.717) is 12.3 Å². The van der Waals surface area contributed by atoms with Crippen molar-refractivity contribution in [3.63, 3.8) is 0 Å². The highest BCUT2D eigenvalue weighted by molar-refractivity contribution is 6.15. The van der Waals surface area contributed by atoms with Crippen molar-refractivity contribution in [1.82, 2.24) is 9.55 Å². The van der Waals surface area contributed by atoms with E-state index in [1.165, 1.54) is 0 Å². The maximum atomic E-state index is 10.4. The molecule has 5 nitrogen and oxygen atoms in total. The van der Waals surface area contributed by atoms with Crippen LogP contribution in [0.4, 0.5) is 5.69 Å². The van der Waals surface area contributed by atoms with E-state index in [2.05, 4.69) is 48.7 Å². The second-order valence-corrected chi connectivity index (χ2v) is 10.0. The molecule has 0 atom stereocenters. The summed E-state index contributed by atoms with van der Waals surface area (Å²) < 4.78 is 8.38. The van der Waals surface area contributed by atoms with E-state index in [-0.39, 0.29) is 5.69 Å². The van der Waals surface area contributed by atoms with E-state index in [0.717, 1.165) is 62.4 Å². The van der Waals surface area contributed by atoms with Gasteiger partial charge in [0.2, 0.25) is 0 Å². The van der Waals surface area contributed by atoms with Crippen LogP contribution in [0.2, 0.25) is 0 Å². The van der Waals surface area contributed by atoms with Crippen LogP contribution in [0.25, 0.3) is 22.2 Å². The van der Waals surface area contributed by atoms with Gasteiger partial charge in [-0.05, 0) is 42.7 Å². The topological polar surface area (TPSA) is 63.2 Å². The normalized spacial score (nSPS) is 10.8. The van der Waals surface area contributed by atoms with Gasteiger partial charge in [0, 0.05) is 34.8 Å². The molecule has 42 heavy (non-hydrogen) atoms. The Bertz CT molecular complexity index is 1880. The zero-order valence-corrected chi connectivity index (χ0v) is 23.7. The number of aryl methyl sites for hydroxylation is 1. The van der Waals surface area contributed by atoms with Gasteiger partial charge in [-0.3, -0.25) is 0 Å². The number of aliphatic imine (C=N–C) groups is 1. The second-order valence-electron chi connectivity index (χ2n) is 10.0. The molecule has 0 N–H and O–H groups in total. The van der Waals surface area contributed by atoms with Gasteiger partial charge in [-0.2, -0.15) is 5.26 Å². The number of fused-ring (bicyclic) bond motifs is 1. The lowest BCUT2D eigenvalue weighted by Gasteiger charge is -2.17. The molecule has 0 bridgehead atoms. The van der Waals surface area contributed by atoms with Gasteiger partial charge < -0.3 is 9.30 Å². The zero-order chi connectivity index (χ0) is 28.9. The summed E-state index contributed by atoms with van der Waals surface area (Å²) in [7, 11) is 0. The van der Waals surface area contributed by atoms with Crippen molar-refractivity contribution >= 4 is 22.4 Å². The molecule has 6 aromatic rings. The maximum Gasteiger partial charge on any atom is 0.169 e. The minimum Gasteiger partial charge on any atom is -0.489 e. The van der Waals surface area contributed by atoms with Crippen molar-refractivity contribution in [1.29, 1.82) is 5.26 Å². The molecule has 0 fully saturated rings. The number of hydrogen-bond acceptors (Lipinski definition) is 4. The highest BCUT2D eigenvalue weighted by Gasteiger charge is 2.22. The van der Waals surface area contributed by atoms with Gasteiger partial charge >= 0.3 is 0 Å². The maximum absolute atomic E-state index is 10.4. The first-order valence-electron chi connectivity index (χ1n) is 14.1. The van der Waals surface area contributed by atoms with E-state index in [1.807, 2.05) is 97.2 Å². The van der Waals surface area contributed by atoms with Crippen LogP contribution in [-0.4, -0.2) is 15.3 Å². The van der Waals surface area contributed by atoms with E-state index in [9.17, 15) is 5.26 Å². The van der Waals surface area contributed by atoms with Crippen LogP contribution in [0.5, 0.6) is 5.75 Å². The lowest BCUT2D eigenvalue weighted by atomic mass is 9.95. The Morgan fingerprint density at radius 2 is 1.48 bits per heavy atom. The second kappa shape index (κ2) is 12.0. The highest BCUT2D eigenvalue weighted by atomic mass is 16.5. The van der Waals surface area contributed by atoms with E-state index < -0.39 is 0 Å². The van der Waals surface area contributed by atoms with Gasteiger partial charge in [-0.15, -0.1) is 0 Å². The number of ether oxygens (including phenoxy) is 1. The number of benzene rings is 4. The third-order valence-electron chi connectivity index (χ3n) is 7.44. The summed E-state index contributed by atoms with van der Waals surface area (Å²) >= 11 is 0. The third kappa shape index (κ3) is 5.18. The zero-order valence-electron chi connectivity index (χ0n) is 23.7. The molecule has 2 aromatic heterocycles. The fraction of sp³-hybridized carbons (Fsp3) is 0.108. The number of rotatable bonds is 8. The fourth-order valence-corrected chi connectivity index (χ4v) is 5.28. The van der Waals surface area contributed by atoms with Gasteiger partial charge in [0.1, 0.15) is 29.8 Å². The SMILES string of the molecule is CCn1ccc2c(-c3cccc(OCc4ccccc4)c3C)c(N=C(c3ccccc3)c3ccccc3)c(C#N)nc21. The molecule has 0 aliphatic carbocycles. The molecule has 0 amide bonds. The Morgan fingerprint density at radius 1 is 0.833 bits per heavy atom. The largest absolute Gasteiger partial charge is 0.489 e. The Balaban J connectivity index is 1.61. The van der Waals surface area contributed by atoms with Crippen molar-refractivity contribution in [3.05, 3.63) is 149 Å². The predicted molar refractivity (Wildman–Crippen MR) is 169 cm³/mol. The monoisotopic (exact) mass is 546 g/mol. The number of nitriles is 1. The van der Waals surface area contributed by atoms with E-state index >= 15 is 0 Å². The molecule has 204 valence electrons. The summed E-state index contributed by atoms with van der Waals surface area (Å²) in [6.45, 7) is 5.34. The summed E-state index contributed by atoms with van der Waals surface area (Å²) in [4.78, 5) is 10.1. The van der Waals surface area contributed by atoms with Crippen molar-refractivity contribution in [3.8, 4) is 22.9 Å². The molecular weight excluding hydrogens is 516 g/mol. The Hall–Kier alpha value is -5.47. The molecule has 2 heterocycles. The lowest BCUT2D eigenvalue weighted by Crippen LogP contribution is -2.05. The molecule has 0 radical (unpaired) electrons. The van der Waals surface area contributed by atoms with Gasteiger partial charge in [-0.1, -0.05) is 103 Å². The lowest BCUT2D eigenvalue weighted by molar-refractivity contribution is 0.304. The van der Waals surface area contributed by atoms with E-state index in [4.69, 9.17) is 14.7 Å². The smallest absolute Gasteiger partial charge is 0.169 e. The summed E-state index contributed by atoms with van der Waals surface area (Å²) in [5, 5.41) is 11.4. The van der Waals surface area contributed by atoms with Crippen LogP contribution in [0.3, 0.4) is 0 Å². The van der Waals surface area contributed by atoms with Crippen molar-refractivity contribution < 1.29 is 4.74 Å². The van der Waals surface area contributed by atoms with Crippen LogP contribution in [0, 0.1) is 18.3 Å². The predicted octanol–water partition coefficient (Wildman–Crippen LogP) is 8.65. The van der Waals surface area contributed by atoms with Crippen LogP contribution in [0.1, 0.15) is 34.9 Å². The van der Waals surface area contributed by atoms with Gasteiger partial charge in [0.25, 0.3) is 0 Å². The van der Waals surface area contributed by atoms with Crippen LogP contribution in [0.15, 0.2) is 126 Å². The Morgan fingerprint density at radius 3 is 2.10 bits per heavy atom. The fourth-order valence-electron chi connectivity index (χ4n) is 5.28. The minimum atomic E-state index is 0.283. The first-order valence-corrected chi connectivity index (χ1v) is 14.1. The van der Waals surface area contributed by atoms with Crippen LogP contribution in [-0.2, 0) is 13.2 Å². The Kier molecular flexibility index (Phi) is 7.61. The van der Waals surface area contributed by atoms with Crippen LogP contribution < -0.4 is 4.74 Å². The molecule has 6 rings (SSSR count). The highest BCUT2D eigenvalue weighted by Crippen LogP contribution is 2.43. The summed E-state index contributed by atoms with van der Waals surface area (Å²) in [5.41, 5.74) is 8.19. The number of aromatic nitrogens is 2. The molecule has 0 saturated carbocycles. The standard InChI is InChI=1S/C37H30N4O/c1-3-41-23-22-31-34(30-20-13-21-33(26(30)2)42-25-27-14-7-4-8-15-27)36(32(24-38)39-37(31)41)40-35(28-16-9-5-10-17-28)29-18-11-6-12-19-29/h4-23H,3,25H2,1-2H3. The third-order valence-corrected chi connectivity index (χ3v) is 7.44. The summed E-state index contributed by atoms with van der Waals surface area (Å²) in [5.74, 6) is 0.788. The van der Waals surface area contributed by atoms with Gasteiger partial charge in [0.05, 0.1) is 5.71 Å². The number of hydrogen-bond donors (Lipinski definition) is 0. The average Bonchev–Trinajstić information content (AvgIpc) is 3.46. The average molecular weight is 547 g/mol. The summed E-state index contributed by atoms with van der Waals surface area (Å²) in [6, 6.07) is 40.8. The van der Waals surface area contributed by atoms with Crippen molar-refractivity contribution in [2.45, 2.75) is 27.0 Å². The first kappa shape index (κ1) is 26.7. The van der Waals surface area contributed by atoms with Crippen LogP contribution >= 0.6 is 0 Å². The molecule has 5 heteroatoms. The molecule has 0 unspecified atom stereocenters. The Labute approximate surface area is 246 Å². The molecule has 4 aromatic carbocycles. The molecular formula is C37H30N4O. The molecule has 0 aliphatic heterocycles. The van der Waals surface area contributed by atoms with E-state index in [1.54, 1.807) is 0 Å². The first-order chi connectivity index (χ1) is 20.7. The minimum absolute atomic E-state index is 0.283. The van der Waals surface area contributed by atoms with Crippen molar-refractivity contribution in [2.75, 3.05) is 0 Å². The quantitative estimate of drug-likeness (QED) is 0.179. The number of nitrogens with zero attached hydrogens (tertiary/aromatic N) is 4. The van der Waals surface area contributed by atoms with Gasteiger partial charge in [0.15, 0.2) is 5.69 Å².